The lowest BCUT2D eigenvalue weighted by Gasteiger charge is -2.11. The topological polar surface area (TPSA) is 66.4 Å². The van der Waals surface area contributed by atoms with Gasteiger partial charge in [0.05, 0.1) is 5.56 Å². The fraction of sp³-hybridized carbons (Fsp3) is 0.467. The molecule has 1 aromatic carbocycles. The van der Waals surface area contributed by atoms with Crippen LogP contribution in [0.5, 0.6) is 0 Å². The van der Waals surface area contributed by atoms with Gasteiger partial charge in [-0.25, -0.2) is 4.79 Å². The molecule has 0 aromatic heterocycles. The van der Waals surface area contributed by atoms with Gasteiger partial charge in [-0.15, -0.1) is 0 Å². The first-order valence-corrected chi connectivity index (χ1v) is 6.61. The monoisotopic (exact) mass is 261 g/mol. The van der Waals surface area contributed by atoms with Gasteiger partial charge in [-0.05, 0) is 43.4 Å². The summed E-state index contributed by atoms with van der Waals surface area (Å²) in [7, 11) is 0. The first-order chi connectivity index (χ1) is 8.97. The zero-order chi connectivity index (χ0) is 14.0. The molecule has 1 aliphatic rings. The molecule has 0 saturated heterocycles. The van der Waals surface area contributed by atoms with E-state index in [2.05, 4.69) is 5.32 Å². The molecule has 1 fully saturated rings. The van der Waals surface area contributed by atoms with E-state index in [4.69, 9.17) is 5.11 Å². The van der Waals surface area contributed by atoms with Crippen LogP contribution in [-0.4, -0.2) is 17.0 Å². The number of anilines is 1. The average molecular weight is 261 g/mol. The van der Waals surface area contributed by atoms with Gasteiger partial charge in [0, 0.05) is 12.1 Å². The second-order valence-corrected chi connectivity index (χ2v) is 5.32. The molecule has 2 rings (SSSR count). The van der Waals surface area contributed by atoms with Crippen LogP contribution in [0.4, 0.5) is 5.69 Å². The molecule has 0 bridgehead atoms. The van der Waals surface area contributed by atoms with Crippen molar-refractivity contribution in [2.45, 2.75) is 39.5 Å². The largest absolute Gasteiger partial charge is 0.478 e. The molecule has 0 heterocycles. The molecular weight excluding hydrogens is 242 g/mol. The molecule has 0 unspecified atom stereocenters. The Morgan fingerprint density at radius 3 is 2.53 bits per heavy atom. The minimum absolute atomic E-state index is 0.0322. The van der Waals surface area contributed by atoms with Gasteiger partial charge in [0.25, 0.3) is 0 Å². The normalized spacial score (nSPS) is 14.2. The number of aromatic carboxylic acids is 1. The fourth-order valence-corrected chi connectivity index (χ4v) is 2.17. The summed E-state index contributed by atoms with van der Waals surface area (Å²) in [5, 5.41) is 11.9. The summed E-state index contributed by atoms with van der Waals surface area (Å²) in [5.41, 5.74) is 2.44. The van der Waals surface area contributed by atoms with Crippen molar-refractivity contribution in [2.75, 3.05) is 5.32 Å². The highest BCUT2D eigenvalue weighted by atomic mass is 16.4. The van der Waals surface area contributed by atoms with Gasteiger partial charge in [-0.3, -0.25) is 4.79 Å². The number of carboxylic acid groups (broad SMARTS) is 1. The molecule has 0 aliphatic heterocycles. The molecule has 0 radical (unpaired) electrons. The summed E-state index contributed by atoms with van der Waals surface area (Å²) < 4.78 is 0. The fourth-order valence-electron chi connectivity index (χ4n) is 2.17. The number of hydrogen-bond acceptors (Lipinski definition) is 2. The van der Waals surface area contributed by atoms with Crippen LogP contribution >= 0.6 is 0 Å². The predicted octanol–water partition coefficient (Wildman–Crippen LogP) is 3.13. The third-order valence-corrected chi connectivity index (χ3v) is 3.55. The van der Waals surface area contributed by atoms with Gasteiger partial charge in [0.2, 0.25) is 5.91 Å². The first kappa shape index (κ1) is 13.6. The van der Waals surface area contributed by atoms with Gasteiger partial charge in [-0.2, -0.15) is 0 Å². The Bertz CT molecular complexity index is 518. The molecule has 4 heteroatoms. The minimum atomic E-state index is -0.967. The van der Waals surface area contributed by atoms with Gasteiger partial charge in [0.15, 0.2) is 0 Å². The van der Waals surface area contributed by atoms with Gasteiger partial charge >= 0.3 is 5.97 Å². The number of carbonyl (C=O) groups excluding carboxylic acids is 1. The number of aryl methyl sites for hydroxylation is 2. The number of hydrogen-bond donors (Lipinski definition) is 2. The van der Waals surface area contributed by atoms with Crippen molar-refractivity contribution in [3.05, 3.63) is 28.8 Å². The van der Waals surface area contributed by atoms with Crippen molar-refractivity contribution in [1.29, 1.82) is 0 Å². The highest BCUT2D eigenvalue weighted by molar-refractivity contribution is 5.95. The summed E-state index contributed by atoms with van der Waals surface area (Å²) in [6.45, 7) is 3.63. The van der Waals surface area contributed by atoms with E-state index >= 15 is 0 Å². The van der Waals surface area contributed by atoms with E-state index in [0.717, 1.165) is 17.9 Å². The number of carboxylic acids is 1. The summed E-state index contributed by atoms with van der Waals surface area (Å²) in [6.07, 6.45) is 3.92. The van der Waals surface area contributed by atoms with Crippen molar-refractivity contribution < 1.29 is 14.7 Å². The lowest BCUT2D eigenvalue weighted by Crippen LogP contribution is -2.13. The first-order valence-electron chi connectivity index (χ1n) is 6.61. The summed E-state index contributed by atoms with van der Waals surface area (Å²) >= 11 is 0. The zero-order valence-electron chi connectivity index (χ0n) is 11.3. The molecule has 102 valence electrons. The van der Waals surface area contributed by atoms with Crippen molar-refractivity contribution >= 4 is 17.6 Å². The lowest BCUT2D eigenvalue weighted by atomic mass is 10.0. The molecule has 4 nitrogen and oxygen atoms in total. The second-order valence-electron chi connectivity index (χ2n) is 5.32. The van der Waals surface area contributed by atoms with Crippen molar-refractivity contribution in [1.82, 2.24) is 0 Å². The van der Waals surface area contributed by atoms with Crippen molar-refractivity contribution in [3.63, 3.8) is 0 Å². The molecule has 19 heavy (non-hydrogen) atoms. The maximum atomic E-state index is 11.8. The van der Waals surface area contributed by atoms with Crippen LogP contribution in [0, 0.1) is 19.8 Å². The summed E-state index contributed by atoms with van der Waals surface area (Å²) in [4.78, 5) is 22.9. The van der Waals surface area contributed by atoms with E-state index < -0.39 is 5.97 Å². The number of benzene rings is 1. The quantitative estimate of drug-likeness (QED) is 0.855. The Labute approximate surface area is 112 Å². The van der Waals surface area contributed by atoms with Crippen LogP contribution in [0.3, 0.4) is 0 Å². The van der Waals surface area contributed by atoms with E-state index in [1.807, 2.05) is 6.92 Å². The molecule has 1 aliphatic carbocycles. The molecule has 1 saturated carbocycles. The lowest BCUT2D eigenvalue weighted by molar-refractivity contribution is -0.116. The van der Waals surface area contributed by atoms with E-state index in [1.54, 1.807) is 19.1 Å². The third-order valence-electron chi connectivity index (χ3n) is 3.55. The molecule has 0 atom stereocenters. The number of amides is 1. The predicted molar refractivity (Wildman–Crippen MR) is 73.5 cm³/mol. The molecule has 1 aromatic rings. The van der Waals surface area contributed by atoms with E-state index in [-0.39, 0.29) is 11.5 Å². The van der Waals surface area contributed by atoms with Crippen LogP contribution in [0.25, 0.3) is 0 Å². The van der Waals surface area contributed by atoms with Crippen LogP contribution in [0.1, 0.15) is 47.2 Å². The third kappa shape index (κ3) is 3.56. The van der Waals surface area contributed by atoms with Crippen molar-refractivity contribution in [2.24, 2.45) is 5.92 Å². The Morgan fingerprint density at radius 2 is 1.95 bits per heavy atom. The van der Waals surface area contributed by atoms with Crippen LogP contribution < -0.4 is 5.32 Å². The van der Waals surface area contributed by atoms with E-state index in [1.165, 1.54) is 12.8 Å². The van der Waals surface area contributed by atoms with E-state index in [0.29, 0.717) is 17.7 Å². The summed E-state index contributed by atoms with van der Waals surface area (Å²) in [5.74, 6) is -0.277. The highest BCUT2D eigenvalue weighted by Gasteiger charge is 2.22. The molecule has 1 amide bonds. The van der Waals surface area contributed by atoms with Crippen LogP contribution in [0.15, 0.2) is 12.1 Å². The standard InChI is InChI=1S/C15H19NO3/c1-9-7-10(2)13(8-12(9)15(18)19)16-14(17)6-5-11-3-4-11/h7-8,11H,3-6H2,1-2H3,(H,16,17)(H,18,19). The smallest absolute Gasteiger partial charge is 0.336 e. The van der Waals surface area contributed by atoms with Crippen LogP contribution in [0.2, 0.25) is 0 Å². The number of nitrogens with one attached hydrogen (secondary N) is 1. The second kappa shape index (κ2) is 5.43. The van der Waals surface area contributed by atoms with Crippen molar-refractivity contribution in [3.8, 4) is 0 Å². The van der Waals surface area contributed by atoms with Crippen LogP contribution in [-0.2, 0) is 4.79 Å². The maximum absolute atomic E-state index is 11.8. The Morgan fingerprint density at radius 1 is 1.26 bits per heavy atom. The Hall–Kier alpha value is -1.84. The number of rotatable bonds is 5. The maximum Gasteiger partial charge on any atom is 0.336 e. The van der Waals surface area contributed by atoms with Gasteiger partial charge in [0.1, 0.15) is 0 Å². The molecule has 0 spiro atoms. The minimum Gasteiger partial charge on any atom is -0.478 e. The van der Waals surface area contributed by atoms with E-state index in [9.17, 15) is 9.59 Å². The average Bonchev–Trinajstić information content (AvgIpc) is 3.13. The SMILES string of the molecule is Cc1cc(C)c(C(=O)O)cc1NC(=O)CCC1CC1. The van der Waals surface area contributed by atoms with Gasteiger partial charge in [-0.1, -0.05) is 18.9 Å². The Kier molecular flexibility index (Phi) is 3.88. The molecule has 2 N–H and O–H groups in total. The van der Waals surface area contributed by atoms with Gasteiger partial charge < -0.3 is 10.4 Å². The zero-order valence-corrected chi connectivity index (χ0v) is 11.3. The number of carbonyl (C=O) groups is 2. The summed E-state index contributed by atoms with van der Waals surface area (Å²) in [6, 6.07) is 3.34. The highest BCUT2D eigenvalue weighted by Crippen LogP contribution is 2.33. The molecular formula is C15H19NO3. The Balaban J connectivity index is 2.07.